The average molecular weight is 337 g/mol. The fourth-order valence-corrected chi connectivity index (χ4v) is 2.99. The lowest BCUT2D eigenvalue weighted by Crippen LogP contribution is -2.36. The van der Waals surface area contributed by atoms with Crippen LogP contribution in [0.15, 0.2) is 24.5 Å². The second-order valence-electron chi connectivity index (χ2n) is 5.70. The Morgan fingerprint density at radius 2 is 2.13 bits per heavy atom. The highest BCUT2D eigenvalue weighted by Crippen LogP contribution is 2.24. The van der Waals surface area contributed by atoms with Gasteiger partial charge in [-0.05, 0) is 24.5 Å². The highest BCUT2D eigenvalue weighted by Gasteiger charge is 2.22. The van der Waals surface area contributed by atoms with E-state index in [2.05, 4.69) is 34.9 Å². The Kier molecular flexibility index (Phi) is 6.57. The van der Waals surface area contributed by atoms with Gasteiger partial charge in [0.05, 0.1) is 12.3 Å². The Balaban J connectivity index is 2.27. The largest absolute Gasteiger partial charge is 0.395 e. The average Bonchev–Trinajstić information content (AvgIpc) is 2.84. The van der Waals surface area contributed by atoms with Crippen LogP contribution in [0.3, 0.4) is 0 Å². The third kappa shape index (κ3) is 4.31. The lowest BCUT2D eigenvalue weighted by atomic mass is 10.1. The fraction of sp³-hybridized carbons (Fsp3) is 0.529. The summed E-state index contributed by atoms with van der Waals surface area (Å²) in [5.41, 5.74) is 3.19. The van der Waals surface area contributed by atoms with Crippen LogP contribution in [0.1, 0.15) is 37.1 Å². The molecule has 0 aliphatic rings. The zero-order valence-corrected chi connectivity index (χ0v) is 14.8. The number of nitrogens with zero attached hydrogens (tertiary/aromatic N) is 4. The molecule has 0 fully saturated rings. The van der Waals surface area contributed by atoms with Crippen molar-refractivity contribution in [3.05, 3.63) is 46.5 Å². The Bertz CT molecular complexity index is 611. The molecule has 2 rings (SSSR count). The maximum Gasteiger partial charge on any atom is 0.131 e. The number of hydrogen-bond donors (Lipinski definition) is 1. The van der Waals surface area contributed by atoms with Gasteiger partial charge in [0.25, 0.3) is 0 Å². The quantitative estimate of drug-likeness (QED) is 0.805. The standard InChI is InChI=1S/C17H25ClN4O/c1-4-14(12-23)22(10-13-7-6-8-19-9-13)11-15-16(5-2)20-21(3)17(15)18/h6-9,14,23H,4-5,10-12H2,1-3H3/t14-/m1/s1. The molecule has 0 aromatic carbocycles. The number of halogens is 1. The topological polar surface area (TPSA) is 54.2 Å². The van der Waals surface area contributed by atoms with Crippen LogP contribution in [-0.2, 0) is 26.6 Å². The number of aliphatic hydroxyl groups excluding tert-OH is 1. The van der Waals surface area contributed by atoms with E-state index in [0.717, 1.165) is 36.2 Å². The molecular weight excluding hydrogens is 312 g/mol. The minimum atomic E-state index is 0.0798. The smallest absolute Gasteiger partial charge is 0.131 e. The molecular formula is C17H25ClN4O. The lowest BCUT2D eigenvalue weighted by Gasteiger charge is -2.30. The lowest BCUT2D eigenvalue weighted by molar-refractivity contribution is 0.106. The van der Waals surface area contributed by atoms with Crippen LogP contribution in [0.4, 0.5) is 0 Å². The van der Waals surface area contributed by atoms with Gasteiger partial charge in [-0.25, -0.2) is 0 Å². The van der Waals surface area contributed by atoms with E-state index in [1.165, 1.54) is 0 Å². The number of aromatic nitrogens is 3. The first kappa shape index (κ1) is 17.9. The molecule has 0 amide bonds. The minimum absolute atomic E-state index is 0.0798. The Hall–Kier alpha value is -1.43. The number of rotatable bonds is 8. The van der Waals surface area contributed by atoms with Crippen LogP contribution in [0.25, 0.3) is 0 Å². The van der Waals surface area contributed by atoms with Crippen LogP contribution in [-0.4, -0.2) is 37.4 Å². The molecule has 2 aromatic heterocycles. The number of hydrogen-bond acceptors (Lipinski definition) is 4. The molecule has 6 heteroatoms. The van der Waals surface area contributed by atoms with Gasteiger partial charge in [0.15, 0.2) is 0 Å². The SMILES string of the molecule is CCc1nn(C)c(Cl)c1CN(Cc1cccnc1)[C@H](CC)CO. The number of pyridine rings is 1. The second kappa shape index (κ2) is 8.43. The first-order chi connectivity index (χ1) is 11.1. The highest BCUT2D eigenvalue weighted by molar-refractivity contribution is 6.30. The molecule has 5 nitrogen and oxygen atoms in total. The van der Waals surface area contributed by atoms with E-state index < -0.39 is 0 Å². The van der Waals surface area contributed by atoms with Crippen LogP contribution >= 0.6 is 11.6 Å². The molecule has 2 heterocycles. The summed E-state index contributed by atoms with van der Waals surface area (Å²) in [5.74, 6) is 0. The first-order valence-corrected chi connectivity index (χ1v) is 8.42. The summed E-state index contributed by atoms with van der Waals surface area (Å²) < 4.78 is 1.72. The zero-order chi connectivity index (χ0) is 16.8. The van der Waals surface area contributed by atoms with E-state index in [1.54, 1.807) is 10.9 Å². The third-order valence-electron chi connectivity index (χ3n) is 4.16. The maximum atomic E-state index is 9.74. The van der Waals surface area contributed by atoms with Gasteiger partial charge in [-0.3, -0.25) is 14.6 Å². The molecule has 0 aliphatic heterocycles. The normalized spacial score (nSPS) is 12.8. The van der Waals surface area contributed by atoms with Gasteiger partial charge in [-0.15, -0.1) is 0 Å². The molecule has 2 aromatic rings. The van der Waals surface area contributed by atoms with Crippen LogP contribution in [0.2, 0.25) is 5.15 Å². The van der Waals surface area contributed by atoms with Gasteiger partial charge in [-0.1, -0.05) is 31.5 Å². The van der Waals surface area contributed by atoms with Crippen molar-refractivity contribution in [3.8, 4) is 0 Å². The summed E-state index contributed by atoms with van der Waals surface area (Å²) in [6, 6.07) is 4.06. The van der Waals surface area contributed by atoms with Crippen LogP contribution in [0.5, 0.6) is 0 Å². The Labute approximate surface area is 142 Å². The molecule has 0 unspecified atom stereocenters. The van der Waals surface area contributed by atoms with Crippen molar-refractivity contribution in [2.75, 3.05) is 6.61 Å². The summed E-state index contributed by atoms with van der Waals surface area (Å²) in [7, 11) is 1.86. The number of aliphatic hydroxyl groups is 1. The zero-order valence-electron chi connectivity index (χ0n) is 14.0. The molecule has 0 radical (unpaired) electrons. The number of aryl methyl sites for hydroxylation is 2. The minimum Gasteiger partial charge on any atom is -0.395 e. The molecule has 0 saturated heterocycles. The molecule has 0 saturated carbocycles. The molecule has 1 N–H and O–H groups in total. The second-order valence-corrected chi connectivity index (χ2v) is 6.06. The molecule has 0 aliphatic carbocycles. The van der Waals surface area contributed by atoms with Gasteiger partial charge in [-0.2, -0.15) is 5.10 Å². The van der Waals surface area contributed by atoms with E-state index in [4.69, 9.17) is 11.6 Å². The summed E-state index contributed by atoms with van der Waals surface area (Å²) in [6.07, 6.45) is 5.34. The van der Waals surface area contributed by atoms with Crippen LogP contribution < -0.4 is 0 Å². The highest BCUT2D eigenvalue weighted by atomic mass is 35.5. The molecule has 1 atom stereocenters. The third-order valence-corrected chi connectivity index (χ3v) is 4.63. The van der Waals surface area contributed by atoms with Gasteiger partial charge in [0.2, 0.25) is 0 Å². The van der Waals surface area contributed by atoms with Gasteiger partial charge >= 0.3 is 0 Å². The molecule has 0 spiro atoms. The maximum absolute atomic E-state index is 9.74. The monoisotopic (exact) mass is 336 g/mol. The van der Waals surface area contributed by atoms with Crippen LogP contribution in [0, 0.1) is 0 Å². The summed E-state index contributed by atoms with van der Waals surface area (Å²) in [6.45, 7) is 5.68. The van der Waals surface area contributed by atoms with Crippen molar-refractivity contribution >= 4 is 11.6 Å². The van der Waals surface area contributed by atoms with Crippen molar-refractivity contribution in [2.45, 2.75) is 45.8 Å². The van der Waals surface area contributed by atoms with Gasteiger partial charge < -0.3 is 5.11 Å². The predicted molar refractivity (Wildman–Crippen MR) is 92.2 cm³/mol. The summed E-state index contributed by atoms with van der Waals surface area (Å²) in [4.78, 5) is 6.43. The van der Waals surface area contributed by atoms with Crippen molar-refractivity contribution < 1.29 is 5.11 Å². The summed E-state index contributed by atoms with van der Waals surface area (Å²) >= 11 is 6.43. The Morgan fingerprint density at radius 3 is 2.70 bits per heavy atom. The van der Waals surface area contributed by atoms with E-state index in [9.17, 15) is 5.11 Å². The predicted octanol–water partition coefficient (Wildman–Crippen LogP) is 2.80. The van der Waals surface area contributed by atoms with E-state index >= 15 is 0 Å². The van der Waals surface area contributed by atoms with Gasteiger partial charge in [0, 0.05) is 44.1 Å². The molecule has 126 valence electrons. The van der Waals surface area contributed by atoms with E-state index in [1.807, 2.05) is 19.3 Å². The van der Waals surface area contributed by atoms with E-state index in [-0.39, 0.29) is 12.6 Å². The van der Waals surface area contributed by atoms with Crippen molar-refractivity contribution in [2.24, 2.45) is 7.05 Å². The van der Waals surface area contributed by atoms with Gasteiger partial charge in [0.1, 0.15) is 5.15 Å². The molecule has 23 heavy (non-hydrogen) atoms. The van der Waals surface area contributed by atoms with E-state index in [0.29, 0.717) is 11.7 Å². The Morgan fingerprint density at radius 1 is 1.35 bits per heavy atom. The fourth-order valence-electron chi connectivity index (χ4n) is 2.79. The van der Waals surface area contributed by atoms with Crippen molar-refractivity contribution in [3.63, 3.8) is 0 Å². The first-order valence-electron chi connectivity index (χ1n) is 8.04. The van der Waals surface area contributed by atoms with Crippen molar-refractivity contribution in [1.82, 2.24) is 19.7 Å². The molecule has 0 bridgehead atoms. The van der Waals surface area contributed by atoms with Crippen molar-refractivity contribution in [1.29, 1.82) is 0 Å². The summed E-state index contributed by atoms with van der Waals surface area (Å²) in [5, 5.41) is 14.9.